The van der Waals surface area contributed by atoms with Crippen molar-refractivity contribution in [2.75, 3.05) is 25.5 Å². The lowest BCUT2D eigenvalue weighted by Gasteiger charge is -2.24. The molecule has 0 aromatic carbocycles. The van der Waals surface area contributed by atoms with E-state index in [4.69, 9.17) is 0 Å². The number of carboxylic acids is 1. The van der Waals surface area contributed by atoms with Gasteiger partial charge in [-0.1, -0.05) is 43.4 Å². The van der Waals surface area contributed by atoms with Gasteiger partial charge in [0, 0.05) is 12.4 Å². The molecule has 0 saturated carbocycles. The molecule has 2 rings (SSSR count). The number of aliphatic carboxylic acids is 1. The molecule has 0 saturated heterocycles. The quantitative estimate of drug-likeness (QED) is 0.259. The predicted molar refractivity (Wildman–Crippen MR) is 135 cm³/mol. The maximum Gasteiger partial charge on any atom is 0.305 e. The SMILES string of the molecule is CCCCCCN(C)CC(=O)C(CC(=O)O)NC(=O)C(CC)n1ccnc(NCc2nonc2C)c1=O. The van der Waals surface area contributed by atoms with Crippen LogP contribution < -0.4 is 16.2 Å². The minimum absolute atomic E-state index is 0.000917. The number of likely N-dealkylation sites (N-methyl/N-ethyl adjacent to an activating group) is 1. The lowest BCUT2D eigenvalue weighted by Crippen LogP contribution is -2.49. The number of nitrogens with zero attached hydrogens (tertiary/aromatic N) is 5. The van der Waals surface area contributed by atoms with Crippen molar-refractivity contribution in [3.63, 3.8) is 0 Å². The molecule has 37 heavy (non-hydrogen) atoms. The molecule has 0 spiro atoms. The van der Waals surface area contributed by atoms with E-state index < -0.39 is 41.7 Å². The summed E-state index contributed by atoms with van der Waals surface area (Å²) >= 11 is 0. The van der Waals surface area contributed by atoms with E-state index in [0.29, 0.717) is 17.9 Å². The van der Waals surface area contributed by atoms with Gasteiger partial charge in [-0.3, -0.25) is 28.6 Å². The van der Waals surface area contributed by atoms with E-state index in [1.807, 2.05) is 4.90 Å². The Bertz CT molecular complexity index is 1100. The number of anilines is 1. The molecule has 0 fully saturated rings. The number of carbonyl (C=O) groups is 3. The van der Waals surface area contributed by atoms with Crippen LogP contribution in [0.2, 0.25) is 0 Å². The third-order valence-corrected chi connectivity index (χ3v) is 5.97. The Labute approximate surface area is 215 Å². The van der Waals surface area contributed by atoms with Crippen molar-refractivity contribution < 1.29 is 24.1 Å². The molecule has 0 bridgehead atoms. The van der Waals surface area contributed by atoms with Crippen molar-refractivity contribution >= 4 is 23.5 Å². The smallest absolute Gasteiger partial charge is 0.305 e. The summed E-state index contributed by atoms with van der Waals surface area (Å²) in [4.78, 5) is 56.4. The van der Waals surface area contributed by atoms with Gasteiger partial charge >= 0.3 is 5.97 Å². The number of ketones is 1. The summed E-state index contributed by atoms with van der Waals surface area (Å²) in [5, 5.41) is 22.2. The molecule has 13 heteroatoms. The Morgan fingerprint density at radius 3 is 2.57 bits per heavy atom. The number of hydrogen-bond acceptors (Lipinski definition) is 10. The van der Waals surface area contributed by atoms with Crippen molar-refractivity contribution in [1.82, 2.24) is 30.1 Å². The molecule has 204 valence electrons. The first kappa shape index (κ1) is 29.6. The summed E-state index contributed by atoms with van der Waals surface area (Å²) in [6, 6.07) is -2.18. The highest BCUT2D eigenvalue weighted by Gasteiger charge is 2.29. The molecule has 1 amide bonds. The molecule has 0 aliphatic heterocycles. The predicted octanol–water partition coefficient (Wildman–Crippen LogP) is 1.54. The Balaban J connectivity index is 2.11. The van der Waals surface area contributed by atoms with Gasteiger partial charge in [0.05, 0.1) is 25.6 Å². The Kier molecular flexibility index (Phi) is 11.9. The molecule has 3 N–H and O–H groups in total. The number of unbranched alkanes of at least 4 members (excludes halogenated alkanes) is 3. The highest BCUT2D eigenvalue weighted by Crippen LogP contribution is 2.12. The minimum Gasteiger partial charge on any atom is -0.481 e. The monoisotopic (exact) mass is 519 g/mol. The van der Waals surface area contributed by atoms with Crippen LogP contribution in [0.15, 0.2) is 21.8 Å². The second-order valence-electron chi connectivity index (χ2n) is 8.99. The Morgan fingerprint density at radius 2 is 1.95 bits per heavy atom. The number of carbonyl (C=O) groups excluding carboxylic acids is 2. The van der Waals surface area contributed by atoms with Crippen LogP contribution in [0.1, 0.15) is 69.8 Å². The van der Waals surface area contributed by atoms with Crippen LogP contribution in [0, 0.1) is 6.92 Å². The van der Waals surface area contributed by atoms with E-state index in [0.717, 1.165) is 25.7 Å². The van der Waals surface area contributed by atoms with Gasteiger partial charge in [0.25, 0.3) is 5.56 Å². The first-order chi connectivity index (χ1) is 17.7. The molecular weight excluding hydrogens is 482 g/mol. The number of carboxylic acid groups (broad SMARTS) is 1. The van der Waals surface area contributed by atoms with Crippen LogP contribution in [-0.4, -0.2) is 73.7 Å². The van der Waals surface area contributed by atoms with Crippen LogP contribution >= 0.6 is 0 Å². The van der Waals surface area contributed by atoms with Crippen molar-refractivity contribution in [1.29, 1.82) is 0 Å². The number of rotatable bonds is 17. The third kappa shape index (κ3) is 9.08. The Hall–Kier alpha value is -3.61. The van der Waals surface area contributed by atoms with Crippen molar-refractivity contribution in [2.45, 2.75) is 77.9 Å². The fraction of sp³-hybridized carbons (Fsp3) is 0.625. The van der Waals surface area contributed by atoms with Crippen LogP contribution in [0.3, 0.4) is 0 Å². The zero-order valence-electron chi connectivity index (χ0n) is 21.9. The van der Waals surface area contributed by atoms with Crippen LogP contribution in [0.4, 0.5) is 5.82 Å². The van der Waals surface area contributed by atoms with Crippen LogP contribution in [0.25, 0.3) is 0 Å². The van der Waals surface area contributed by atoms with Crippen molar-refractivity contribution in [2.24, 2.45) is 0 Å². The highest BCUT2D eigenvalue weighted by molar-refractivity contribution is 5.93. The summed E-state index contributed by atoms with van der Waals surface area (Å²) in [6.07, 6.45) is 6.63. The van der Waals surface area contributed by atoms with Gasteiger partial charge in [-0.25, -0.2) is 9.61 Å². The lowest BCUT2D eigenvalue weighted by atomic mass is 10.1. The topological polar surface area (TPSA) is 173 Å². The average molecular weight is 520 g/mol. The normalized spacial score (nSPS) is 12.8. The van der Waals surface area contributed by atoms with Crippen LogP contribution in [0.5, 0.6) is 0 Å². The van der Waals surface area contributed by atoms with E-state index in [1.165, 1.54) is 17.0 Å². The van der Waals surface area contributed by atoms with E-state index in [2.05, 4.69) is 37.5 Å². The molecule has 13 nitrogen and oxygen atoms in total. The lowest BCUT2D eigenvalue weighted by molar-refractivity contribution is -0.140. The first-order valence-corrected chi connectivity index (χ1v) is 12.5. The van der Waals surface area contributed by atoms with Crippen molar-refractivity contribution in [3.05, 3.63) is 34.1 Å². The number of hydrogen-bond donors (Lipinski definition) is 3. The maximum atomic E-state index is 13.2. The molecule has 0 aliphatic carbocycles. The largest absolute Gasteiger partial charge is 0.481 e. The molecule has 2 aromatic heterocycles. The van der Waals surface area contributed by atoms with Gasteiger partial charge in [-0.2, -0.15) is 0 Å². The molecule has 0 radical (unpaired) electrons. The molecule has 0 aliphatic rings. The second kappa shape index (κ2) is 14.8. The van der Waals surface area contributed by atoms with Gasteiger partial charge in [0.1, 0.15) is 17.4 Å². The number of aromatic nitrogens is 4. The van der Waals surface area contributed by atoms with Gasteiger partial charge in [-0.05, 0) is 33.4 Å². The van der Waals surface area contributed by atoms with Gasteiger partial charge < -0.3 is 15.7 Å². The number of aryl methyl sites for hydroxylation is 1. The highest BCUT2D eigenvalue weighted by atomic mass is 16.6. The zero-order valence-corrected chi connectivity index (χ0v) is 21.9. The number of Topliss-reactive ketones (excluding diaryl/α,β-unsaturated/α-hetero) is 1. The average Bonchev–Trinajstić information content (AvgIpc) is 3.26. The summed E-state index contributed by atoms with van der Waals surface area (Å²) < 4.78 is 5.85. The molecular formula is C24H37N7O6. The van der Waals surface area contributed by atoms with E-state index >= 15 is 0 Å². The fourth-order valence-corrected chi connectivity index (χ4v) is 3.83. The second-order valence-corrected chi connectivity index (χ2v) is 8.99. The van der Waals surface area contributed by atoms with E-state index in [1.54, 1.807) is 20.9 Å². The van der Waals surface area contributed by atoms with Gasteiger partial charge in [0.15, 0.2) is 11.6 Å². The minimum atomic E-state index is -1.21. The van der Waals surface area contributed by atoms with Gasteiger partial charge in [-0.15, -0.1) is 0 Å². The number of amides is 1. The molecule has 2 unspecified atom stereocenters. The summed E-state index contributed by atoms with van der Waals surface area (Å²) in [5.41, 5.74) is 0.522. The van der Waals surface area contributed by atoms with Crippen LogP contribution in [-0.2, 0) is 20.9 Å². The summed E-state index contributed by atoms with van der Waals surface area (Å²) in [7, 11) is 1.79. The number of nitrogens with one attached hydrogen (secondary N) is 2. The maximum absolute atomic E-state index is 13.2. The molecule has 2 heterocycles. The third-order valence-electron chi connectivity index (χ3n) is 5.97. The summed E-state index contributed by atoms with van der Waals surface area (Å²) in [5.74, 6) is -2.23. The van der Waals surface area contributed by atoms with Gasteiger partial charge in [0.2, 0.25) is 5.91 Å². The summed E-state index contributed by atoms with van der Waals surface area (Å²) in [6.45, 7) is 6.40. The molecule has 2 atom stereocenters. The van der Waals surface area contributed by atoms with E-state index in [-0.39, 0.29) is 25.3 Å². The van der Waals surface area contributed by atoms with Crippen molar-refractivity contribution in [3.8, 4) is 0 Å². The zero-order chi connectivity index (χ0) is 27.4. The standard InChI is InChI=1S/C24H37N7O6/c1-5-7-8-9-11-30(4)15-20(32)17(13-21(33)34)27-23(35)19(6-2)31-12-10-25-22(24(31)36)26-14-18-16(3)28-37-29-18/h10,12,17,19H,5-9,11,13-15H2,1-4H3,(H,25,26)(H,27,35)(H,33,34). The fourth-order valence-electron chi connectivity index (χ4n) is 3.83. The molecule has 2 aromatic rings. The van der Waals surface area contributed by atoms with E-state index in [9.17, 15) is 24.3 Å². The first-order valence-electron chi connectivity index (χ1n) is 12.5. The Morgan fingerprint density at radius 1 is 1.19 bits per heavy atom.